The molecule has 0 aliphatic carbocycles. The lowest BCUT2D eigenvalue weighted by molar-refractivity contribution is 0.162. The zero-order valence-corrected chi connectivity index (χ0v) is 62.9. The number of benzene rings is 8. The van der Waals surface area contributed by atoms with Crippen LogP contribution in [0.2, 0.25) is 0 Å². The van der Waals surface area contributed by atoms with E-state index in [2.05, 4.69) is 272 Å². The number of nitrogens with zero attached hydrogens (tertiary/aromatic N) is 2. The summed E-state index contributed by atoms with van der Waals surface area (Å²) in [7, 11) is 0. The Morgan fingerprint density at radius 3 is 0.875 bits per heavy atom. The quantitative estimate of drug-likeness (QED) is 0.107. The van der Waals surface area contributed by atoms with Crippen molar-refractivity contribution in [2.45, 2.75) is 225 Å². The van der Waals surface area contributed by atoms with Crippen molar-refractivity contribution in [2.75, 3.05) is 13.2 Å². The van der Waals surface area contributed by atoms with E-state index >= 15 is 8.78 Å². The SMILES string of the molecule is Cc1cc(F)cc(-c2cc(C(C)(C)CC(C)(C)C)cc(-n3c4cc(C(C)(C)C)ccc4c4ccc(C(C)(C)C)cc43)c2O)c1OC[C@H](C)[C@@H](C)COc1c(C)cc(F)cc1-c1cc(C(C)(C)CC(C)(C)C)cc(-n2c3cc(C(C)(C)C)ccc3c3ccc(C(C)(C)C)cc32)c1O. The number of phenols is 2. The lowest BCUT2D eigenvalue weighted by Gasteiger charge is -2.34. The predicted molar refractivity (Wildman–Crippen MR) is 403 cm³/mol. The van der Waals surface area contributed by atoms with E-state index in [9.17, 15) is 10.2 Å². The van der Waals surface area contributed by atoms with Gasteiger partial charge >= 0.3 is 0 Å². The van der Waals surface area contributed by atoms with Gasteiger partial charge in [0.25, 0.3) is 0 Å². The van der Waals surface area contributed by atoms with E-state index in [-0.39, 0.29) is 79.9 Å². The van der Waals surface area contributed by atoms with Gasteiger partial charge in [-0.25, -0.2) is 8.78 Å². The molecule has 0 saturated carbocycles. The van der Waals surface area contributed by atoms with Crippen LogP contribution in [-0.2, 0) is 32.5 Å². The number of aryl methyl sites for hydroxylation is 2. The van der Waals surface area contributed by atoms with Gasteiger partial charge in [0.1, 0.15) is 34.6 Å². The molecule has 10 rings (SSSR count). The molecule has 6 nitrogen and oxygen atoms in total. The molecule has 0 unspecified atom stereocenters. The molecule has 0 radical (unpaired) electrons. The maximum absolute atomic E-state index is 16.4. The Kier molecular flexibility index (Phi) is 18.4. The molecule has 2 atom stereocenters. The fraction of sp³-hybridized carbons (Fsp3) is 0.455. The average Bonchev–Trinajstić information content (AvgIpc) is 1.55. The van der Waals surface area contributed by atoms with Crippen molar-refractivity contribution in [3.8, 4) is 56.6 Å². The Bertz CT molecular complexity index is 4200. The van der Waals surface area contributed by atoms with Crippen LogP contribution in [0.1, 0.15) is 224 Å². The third kappa shape index (κ3) is 14.2. The van der Waals surface area contributed by atoms with Crippen LogP contribution in [0.4, 0.5) is 8.78 Å². The van der Waals surface area contributed by atoms with E-state index in [1.54, 1.807) is 0 Å². The summed E-state index contributed by atoms with van der Waals surface area (Å²) in [4.78, 5) is 0. The standard InChI is InChI=1S/C88H110F2N2O4/c1-51-35-61(89)45-69(67-37-59(87(23,24)49-81(5,6)7)43-75(77(67)93)91-71-39-55(83(11,12)13)27-31-63(71)64-32-28-56(40-72(64)91)84(14,15)16)79(51)95-47-53(3)54(4)48-96-80-52(2)36-62(90)46-70(80)68-38-60(88(25,26)50-82(8,9)10)44-76(78(68)94)92-73-41-57(85(17,18)19)29-33-65(73)66-34-30-58(42-74(66)92)86(20,21)22/h27-46,53-54,93-94H,47-50H2,1-26H3/t53-,54-/m0/s1. The number of aromatic hydroxyl groups is 2. The zero-order chi connectivity index (χ0) is 70.9. The van der Waals surface area contributed by atoms with Gasteiger partial charge < -0.3 is 28.8 Å². The van der Waals surface area contributed by atoms with Gasteiger partial charge in [0, 0.05) is 43.8 Å². The number of rotatable bonds is 15. The van der Waals surface area contributed by atoms with E-state index < -0.39 is 11.6 Å². The fourth-order valence-electron chi connectivity index (χ4n) is 15.1. The molecule has 0 fully saturated rings. The van der Waals surface area contributed by atoms with Crippen molar-refractivity contribution < 1.29 is 28.5 Å². The highest BCUT2D eigenvalue weighted by Crippen LogP contribution is 2.52. The summed E-state index contributed by atoms with van der Waals surface area (Å²) in [5.74, 6) is -0.0689. The first kappa shape index (κ1) is 71.2. The largest absolute Gasteiger partial charge is 0.505 e. The smallest absolute Gasteiger partial charge is 0.147 e. The lowest BCUT2D eigenvalue weighted by atomic mass is 9.71. The first-order chi connectivity index (χ1) is 44.1. The molecule has 10 aromatic rings. The molecule has 0 saturated heterocycles. The predicted octanol–water partition coefficient (Wildman–Crippen LogP) is 24.9. The third-order valence-corrected chi connectivity index (χ3v) is 20.2. The Morgan fingerprint density at radius 1 is 0.354 bits per heavy atom. The number of phenolic OH excluding ortho intramolecular Hbond substituents is 2. The van der Waals surface area contributed by atoms with Crippen LogP contribution in [-0.4, -0.2) is 32.6 Å². The summed E-state index contributed by atoms with van der Waals surface area (Å²) in [5, 5.41) is 30.9. The molecule has 510 valence electrons. The highest BCUT2D eigenvalue weighted by Gasteiger charge is 2.35. The lowest BCUT2D eigenvalue weighted by Crippen LogP contribution is -2.25. The van der Waals surface area contributed by atoms with Crippen molar-refractivity contribution in [3.63, 3.8) is 0 Å². The average molecular weight is 1300 g/mol. The van der Waals surface area contributed by atoms with Gasteiger partial charge in [-0.3, -0.25) is 0 Å². The van der Waals surface area contributed by atoms with Crippen LogP contribution in [0.5, 0.6) is 23.0 Å². The molecule has 0 spiro atoms. The summed E-state index contributed by atoms with van der Waals surface area (Å²) in [5.41, 5.74) is 13.5. The number of halogens is 2. The Labute approximate surface area is 573 Å². The molecule has 96 heavy (non-hydrogen) atoms. The summed E-state index contributed by atoms with van der Waals surface area (Å²) >= 11 is 0. The Hall–Kier alpha value is -7.58. The van der Waals surface area contributed by atoms with Gasteiger partial charge in [-0.15, -0.1) is 0 Å². The number of hydrogen-bond acceptors (Lipinski definition) is 4. The molecular weight excluding hydrogens is 1190 g/mol. The molecule has 2 aromatic heterocycles. The second kappa shape index (κ2) is 24.7. The van der Waals surface area contributed by atoms with Gasteiger partial charge in [-0.05, 0) is 199 Å². The highest BCUT2D eigenvalue weighted by molar-refractivity contribution is 6.11. The fourth-order valence-corrected chi connectivity index (χ4v) is 15.1. The normalized spacial score (nSPS) is 14.0. The molecule has 8 heteroatoms. The van der Waals surface area contributed by atoms with Crippen molar-refractivity contribution in [1.29, 1.82) is 0 Å². The topological polar surface area (TPSA) is 68.8 Å². The summed E-state index contributed by atoms with van der Waals surface area (Å²) in [6, 6.07) is 41.3. The van der Waals surface area contributed by atoms with Crippen molar-refractivity contribution in [1.82, 2.24) is 9.13 Å². The van der Waals surface area contributed by atoms with Crippen LogP contribution in [0, 0.1) is 48.1 Å². The minimum absolute atomic E-state index is 0.0300. The van der Waals surface area contributed by atoms with Crippen molar-refractivity contribution in [3.05, 3.63) is 177 Å². The van der Waals surface area contributed by atoms with Gasteiger partial charge in [-0.1, -0.05) is 215 Å². The van der Waals surface area contributed by atoms with E-state index in [1.165, 1.54) is 46.5 Å². The van der Waals surface area contributed by atoms with Crippen molar-refractivity contribution in [2.24, 2.45) is 22.7 Å². The molecule has 8 aromatic carbocycles. The molecule has 0 amide bonds. The molecule has 2 heterocycles. The summed E-state index contributed by atoms with van der Waals surface area (Å²) < 4.78 is 51.3. The maximum atomic E-state index is 16.4. The number of aromatic nitrogens is 2. The summed E-state index contributed by atoms with van der Waals surface area (Å²) in [6.45, 7) is 57.8. The van der Waals surface area contributed by atoms with Gasteiger partial charge in [-0.2, -0.15) is 0 Å². The third-order valence-electron chi connectivity index (χ3n) is 20.2. The first-order valence-corrected chi connectivity index (χ1v) is 34.9. The van der Waals surface area contributed by atoms with Crippen LogP contribution >= 0.6 is 0 Å². The molecular formula is C88H110F2N2O4. The van der Waals surface area contributed by atoms with E-state index in [4.69, 9.17) is 9.47 Å². The number of hydrogen-bond donors (Lipinski definition) is 2. The minimum atomic E-state index is -0.433. The number of ether oxygens (including phenoxy) is 2. The summed E-state index contributed by atoms with van der Waals surface area (Å²) in [6.07, 6.45) is 1.68. The van der Waals surface area contributed by atoms with Crippen molar-refractivity contribution >= 4 is 43.6 Å². The molecule has 0 aliphatic rings. The van der Waals surface area contributed by atoms with Crippen LogP contribution in [0.25, 0.3) is 77.2 Å². The second-order valence-corrected chi connectivity index (χ2v) is 36.4. The van der Waals surface area contributed by atoms with Crippen LogP contribution < -0.4 is 9.47 Å². The molecule has 0 aliphatic heterocycles. The van der Waals surface area contributed by atoms with Crippen LogP contribution in [0.3, 0.4) is 0 Å². The maximum Gasteiger partial charge on any atom is 0.147 e. The zero-order valence-electron chi connectivity index (χ0n) is 62.9. The van der Waals surface area contributed by atoms with Crippen LogP contribution in [0.15, 0.2) is 121 Å². The Morgan fingerprint density at radius 2 is 0.625 bits per heavy atom. The van der Waals surface area contributed by atoms with Gasteiger partial charge in [0.15, 0.2) is 0 Å². The minimum Gasteiger partial charge on any atom is -0.505 e. The molecule has 0 bridgehead atoms. The molecule has 2 N–H and O–H groups in total. The van der Waals surface area contributed by atoms with Gasteiger partial charge in [0.05, 0.1) is 46.7 Å². The second-order valence-electron chi connectivity index (χ2n) is 36.4. The first-order valence-electron chi connectivity index (χ1n) is 34.9. The number of fused-ring (bicyclic) bond motifs is 6. The van der Waals surface area contributed by atoms with E-state index in [1.807, 2.05) is 13.8 Å². The highest BCUT2D eigenvalue weighted by atomic mass is 19.1. The van der Waals surface area contributed by atoms with E-state index in [0.29, 0.717) is 56.3 Å². The monoisotopic (exact) mass is 1300 g/mol. The van der Waals surface area contributed by atoms with Gasteiger partial charge in [0.2, 0.25) is 0 Å². The Balaban J connectivity index is 1.06. The van der Waals surface area contributed by atoms with E-state index in [0.717, 1.165) is 67.6 Å².